The van der Waals surface area contributed by atoms with Gasteiger partial charge in [0.15, 0.2) is 11.5 Å². The van der Waals surface area contributed by atoms with Gasteiger partial charge in [0.25, 0.3) is 5.91 Å². The van der Waals surface area contributed by atoms with Crippen LogP contribution in [0.25, 0.3) is 0 Å². The Labute approximate surface area is 137 Å². The number of methoxy groups -OCH3 is 2. The van der Waals surface area contributed by atoms with Crippen molar-refractivity contribution in [3.63, 3.8) is 0 Å². The predicted molar refractivity (Wildman–Crippen MR) is 82.2 cm³/mol. The fourth-order valence-corrected chi connectivity index (χ4v) is 2.20. The molecule has 0 spiro atoms. The maximum atomic E-state index is 12.7. The second kappa shape index (κ2) is 7.25. The minimum absolute atomic E-state index is 0.0386. The molecule has 0 aliphatic heterocycles. The number of para-hydroxylation sites is 1. The van der Waals surface area contributed by atoms with Crippen molar-refractivity contribution in [2.45, 2.75) is 12.7 Å². The zero-order chi connectivity index (χ0) is 17.7. The van der Waals surface area contributed by atoms with Gasteiger partial charge >= 0.3 is 6.18 Å². The molecule has 4 nitrogen and oxygen atoms in total. The lowest BCUT2D eigenvalue weighted by Gasteiger charge is -2.13. The van der Waals surface area contributed by atoms with Crippen molar-refractivity contribution in [3.8, 4) is 11.5 Å². The summed E-state index contributed by atoms with van der Waals surface area (Å²) in [4.78, 5) is 12.3. The van der Waals surface area contributed by atoms with Crippen LogP contribution in [-0.4, -0.2) is 20.1 Å². The van der Waals surface area contributed by atoms with Crippen molar-refractivity contribution >= 4 is 5.91 Å². The maximum Gasteiger partial charge on any atom is 0.416 e. The van der Waals surface area contributed by atoms with Crippen LogP contribution in [0.2, 0.25) is 0 Å². The average Bonchev–Trinajstić information content (AvgIpc) is 2.58. The summed E-state index contributed by atoms with van der Waals surface area (Å²) in [5.41, 5.74) is -0.169. The van der Waals surface area contributed by atoms with Gasteiger partial charge < -0.3 is 14.8 Å². The Bertz CT molecular complexity index is 729. The van der Waals surface area contributed by atoms with E-state index in [4.69, 9.17) is 9.47 Å². The molecule has 0 aliphatic carbocycles. The van der Waals surface area contributed by atoms with E-state index < -0.39 is 17.6 Å². The van der Waals surface area contributed by atoms with Gasteiger partial charge in [-0.05, 0) is 29.8 Å². The van der Waals surface area contributed by atoms with Gasteiger partial charge in [0.05, 0.1) is 25.3 Å². The average molecular weight is 339 g/mol. The third-order valence-corrected chi connectivity index (χ3v) is 3.35. The molecular weight excluding hydrogens is 323 g/mol. The minimum atomic E-state index is -4.42. The van der Waals surface area contributed by atoms with Crippen LogP contribution in [0.1, 0.15) is 21.5 Å². The summed E-state index contributed by atoms with van der Waals surface area (Å²) in [5, 5.41) is 2.58. The van der Waals surface area contributed by atoms with Crippen molar-refractivity contribution in [1.29, 1.82) is 0 Å². The number of carbonyl (C=O) groups is 1. The molecule has 0 aromatic heterocycles. The molecule has 2 aromatic carbocycles. The summed E-state index contributed by atoms with van der Waals surface area (Å²) in [6.07, 6.45) is -4.42. The zero-order valence-corrected chi connectivity index (χ0v) is 13.1. The second-order valence-corrected chi connectivity index (χ2v) is 4.92. The van der Waals surface area contributed by atoms with Crippen LogP contribution >= 0.6 is 0 Å². The summed E-state index contributed by atoms with van der Waals surface area (Å²) in [6, 6.07) is 9.61. The van der Waals surface area contributed by atoms with Gasteiger partial charge in [0.2, 0.25) is 0 Å². The Hall–Kier alpha value is -2.70. The van der Waals surface area contributed by atoms with E-state index in [0.717, 1.165) is 12.1 Å². The molecule has 0 saturated heterocycles. The number of hydrogen-bond acceptors (Lipinski definition) is 3. The van der Waals surface area contributed by atoms with E-state index >= 15 is 0 Å². The second-order valence-electron chi connectivity index (χ2n) is 4.92. The number of benzene rings is 2. The van der Waals surface area contributed by atoms with Crippen molar-refractivity contribution in [3.05, 3.63) is 59.2 Å². The highest BCUT2D eigenvalue weighted by atomic mass is 19.4. The quantitative estimate of drug-likeness (QED) is 0.904. The number of hydrogen-bond donors (Lipinski definition) is 1. The highest BCUT2D eigenvalue weighted by molar-refractivity contribution is 5.97. The number of rotatable bonds is 5. The molecule has 7 heteroatoms. The monoisotopic (exact) mass is 339 g/mol. The molecular formula is C17H16F3NO3. The van der Waals surface area contributed by atoms with E-state index in [2.05, 4.69) is 5.32 Å². The summed E-state index contributed by atoms with van der Waals surface area (Å²) in [5.74, 6) is 0.189. The van der Waals surface area contributed by atoms with Crippen LogP contribution in [-0.2, 0) is 12.7 Å². The largest absolute Gasteiger partial charge is 0.493 e. The molecule has 0 radical (unpaired) electrons. The molecule has 24 heavy (non-hydrogen) atoms. The lowest BCUT2D eigenvalue weighted by molar-refractivity contribution is -0.137. The van der Waals surface area contributed by atoms with E-state index in [1.807, 2.05) is 0 Å². The van der Waals surface area contributed by atoms with E-state index in [0.29, 0.717) is 11.3 Å². The summed E-state index contributed by atoms with van der Waals surface area (Å²) in [6.45, 7) is -0.0386. The van der Waals surface area contributed by atoms with Gasteiger partial charge in [-0.1, -0.05) is 18.2 Å². The smallest absolute Gasteiger partial charge is 0.416 e. The Morgan fingerprint density at radius 1 is 1.08 bits per heavy atom. The minimum Gasteiger partial charge on any atom is -0.493 e. The molecule has 1 amide bonds. The summed E-state index contributed by atoms with van der Waals surface area (Å²) in [7, 11) is 2.85. The Balaban J connectivity index is 2.15. The third-order valence-electron chi connectivity index (χ3n) is 3.35. The predicted octanol–water partition coefficient (Wildman–Crippen LogP) is 3.65. The van der Waals surface area contributed by atoms with Crippen molar-refractivity contribution in [2.75, 3.05) is 14.2 Å². The van der Waals surface area contributed by atoms with E-state index in [9.17, 15) is 18.0 Å². The van der Waals surface area contributed by atoms with Gasteiger partial charge in [0, 0.05) is 6.54 Å². The normalized spacial score (nSPS) is 11.0. The summed E-state index contributed by atoms with van der Waals surface area (Å²) >= 11 is 0. The standard InChI is InChI=1S/C17H16F3NO3/c1-23-14-8-4-7-13(15(14)24-2)16(22)21-10-11-5-3-6-12(9-11)17(18,19)20/h3-9H,10H2,1-2H3,(H,21,22). The topological polar surface area (TPSA) is 47.6 Å². The lowest BCUT2D eigenvalue weighted by Crippen LogP contribution is -2.23. The maximum absolute atomic E-state index is 12.7. The van der Waals surface area contributed by atoms with Crippen molar-refractivity contribution in [1.82, 2.24) is 5.32 Å². The molecule has 0 unspecified atom stereocenters. The van der Waals surface area contributed by atoms with Gasteiger partial charge in [-0.2, -0.15) is 13.2 Å². The number of carbonyl (C=O) groups excluding carboxylic acids is 1. The van der Waals surface area contributed by atoms with Gasteiger partial charge in [-0.15, -0.1) is 0 Å². The molecule has 0 atom stereocenters. The molecule has 0 fully saturated rings. The van der Waals surface area contributed by atoms with Crippen LogP contribution in [0, 0.1) is 0 Å². The van der Waals surface area contributed by atoms with E-state index in [-0.39, 0.29) is 17.9 Å². The highest BCUT2D eigenvalue weighted by Crippen LogP contribution is 2.31. The van der Waals surface area contributed by atoms with E-state index in [1.165, 1.54) is 26.4 Å². The fourth-order valence-electron chi connectivity index (χ4n) is 2.20. The molecule has 1 N–H and O–H groups in total. The number of alkyl halides is 3. The van der Waals surface area contributed by atoms with Gasteiger partial charge in [-0.25, -0.2) is 0 Å². The van der Waals surface area contributed by atoms with Crippen LogP contribution in [0.3, 0.4) is 0 Å². The third kappa shape index (κ3) is 3.98. The molecule has 2 aromatic rings. The number of halogens is 3. The first kappa shape index (κ1) is 17.7. The summed E-state index contributed by atoms with van der Waals surface area (Å²) < 4.78 is 48.4. The number of ether oxygens (including phenoxy) is 2. The Morgan fingerprint density at radius 3 is 2.42 bits per heavy atom. The molecule has 0 bridgehead atoms. The molecule has 2 rings (SSSR count). The number of amides is 1. The number of nitrogens with one attached hydrogen (secondary N) is 1. The van der Waals surface area contributed by atoms with Crippen LogP contribution in [0.4, 0.5) is 13.2 Å². The van der Waals surface area contributed by atoms with Crippen molar-refractivity contribution in [2.24, 2.45) is 0 Å². The molecule has 0 aliphatic rings. The van der Waals surface area contributed by atoms with Crippen molar-refractivity contribution < 1.29 is 27.4 Å². The fraction of sp³-hybridized carbons (Fsp3) is 0.235. The van der Waals surface area contributed by atoms with Crippen LogP contribution < -0.4 is 14.8 Å². The molecule has 0 saturated carbocycles. The van der Waals surface area contributed by atoms with Crippen LogP contribution in [0.5, 0.6) is 11.5 Å². The first-order valence-electron chi connectivity index (χ1n) is 7.02. The first-order valence-corrected chi connectivity index (χ1v) is 7.02. The van der Waals surface area contributed by atoms with Crippen LogP contribution in [0.15, 0.2) is 42.5 Å². The first-order chi connectivity index (χ1) is 11.4. The SMILES string of the molecule is COc1cccc(C(=O)NCc2cccc(C(F)(F)F)c2)c1OC. The Kier molecular flexibility index (Phi) is 5.33. The Morgan fingerprint density at radius 2 is 1.79 bits per heavy atom. The van der Waals surface area contributed by atoms with Gasteiger partial charge in [-0.3, -0.25) is 4.79 Å². The lowest BCUT2D eigenvalue weighted by atomic mass is 10.1. The van der Waals surface area contributed by atoms with E-state index in [1.54, 1.807) is 18.2 Å². The molecule has 0 heterocycles. The molecule has 128 valence electrons. The van der Waals surface area contributed by atoms with Gasteiger partial charge in [0.1, 0.15) is 0 Å². The highest BCUT2D eigenvalue weighted by Gasteiger charge is 2.30. The zero-order valence-electron chi connectivity index (χ0n) is 13.1.